The lowest BCUT2D eigenvalue weighted by Gasteiger charge is -2.31. The van der Waals surface area contributed by atoms with Gasteiger partial charge in [0.2, 0.25) is 59.1 Å². The topological polar surface area (TPSA) is 358 Å². The van der Waals surface area contributed by atoms with Gasteiger partial charge in [0.1, 0.15) is 42.3 Å². The molecule has 0 bridgehead atoms. The minimum absolute atomic E-state index is 0.00164. The number of aliphatic imine (C=N–C) groups is 1. The van der Waals surface area contributed by atoms with Crippen LogP contribution in [0.4, 0.5) is 0 Å². The first-order valence-electron chi connectivity index (χ1n) is 25.2. The zero-order valence-corrected chi connectivity index (χ0v) is 46.5. The Bertz CT molecular complexity index is 2120. The van der Waals surface area contributed by atoms with Crippen molar-refractivity contribution < 1.29 is 53.1 Å². The molecule has 26 heteroatoms. The number of likely N-dealkylation sites (tertiary alicyclic amines) is 1. The highest BCUT2D eigenvalue weighted by Gasteiger charge is 2.40. The molecular formula is C48H80BrN13O11S. The number of nitrogens with two attached hydrogens (primary N) is 2. The van der Waals surface area contributed by atoms with Gasteiger partial charge in [0.25, 0.3) is 0 Å². The maximum absolute atomic E-state index is 14.2. The highest BCUT2D eigenvalue weighted by molar-refractivity contribution is 9.11. The summed E-state index contributed by atoms with van der Waals surface area (Å²) in [6, 6.07) is -4.96. The van der Waals surface area contributed by atoms with E-state index >= 15 is 0 Å². The molecule has 2 rings (SSSR count). The third-order valence-corrected chi connectivity index (χ3v) is 13.9. The van der Waals surface area contributed by atoms with Crippen LogP contribution in [0.1, 0.15) is 112 Å². The van der Waals surface area contributed by atoms with E-state index < -0.39 is 108 Å². The summed E-state index contributed by atoms with van der Waals surface area (Å²) in [6.45, 7) is 13.2. The van der Waals surface area contributed by atoms with Crippen molar-refractivity contribution in [2.24, 2.45) is 28.3 Å². The summed E-state index contributed by atoms with van der Waals surface area (Å²) < 4.78 is 0.760. The molecule has 1 aromatic heterocycles. The van der Waals surface area contributed by atoms with E-state index in [1.807, 2.05) is 6.92 Å². The van der Waals surface area contributed by atoms with Crippen LogP contribution in [0.2, 0.25) is 0 Å². The van der Waals surface area contributed by atoms with Crippen molar-refractivity contribution in [3.05, 3.63) is 20.8 Å². The first kappa shape index (κ1) is 64.2. The van der Waals surface area contributed by atoms with Gasteiger partial charge in [-0.1, -0.05) is 47.5 Å². The molecule has 0 spiro atoms. The molecule has 1 aliphatic rings. The number of halogens is 1. The first-order chi connectivity index (χ1) is 34.8. The maximum Gasteiger partial charge on any atom is 0.245 e. The van der Waals surface area contributed by atoms with Crippen LogP contribution in [0.15, 0.2) is 20.9 Å². The minimum atomic E-state index is -1.64. The van der Waals surface area contributed by atoms with Gasteiger partial charge in [-0.15, -0.1) is 11.3 Å². The lowest BCUT2D eigenvalue weighted by Crippen LogP contribution is -2.62. The van der Waals surface area contributed by atoms with E-state index in [-0.39, 0.29) is 62.5 Å². The summed E-state index contributed by atoms with van der Waals surface area (Å²) in [7, 11) is 1.42. The van der Waals surface area contributed by atoms with E-state index in [2.05, 4.69) is 63.5 Å². The fraction of sp³-hybridized carbons (Fsp3) is 0.688. The monoisotopic (exact) mass is 1130 g/mol. The quantitative estimate of drug-likeness (QED) is 0.0242. The van der Waals surface area contributed by atoms with Gasteiger partial charge >= 0.3 is 0 Å². The SMILES string of the molecule is CCC[C@H](NC(=O)[C@@H](NC(=O)[C@@H](CC(C)C)NC(=O)[C@H](Cc1ccc(Br)s1)NC(=O)CNC(=O)CN(C)C(C)=O)[C@@H](C)O)C(=O)N[C@H](C(=O)N[C@@H](CCCN=C(N)N)C(=O)N1CCC[C@H]1C(=O)NCC)[C@@H](C)CC. The Kier molecular flexibility index (Phi) is 28.1. The summed E-state index contributed by atoms with van der Waals surface area (Å²) in [5.41, 5.74) is 11.0. The average molecular weight is 1130 g/mol. The number of aliphatic hydroxyl groups is 1. The highest BCUT2D eigenvalue weighted by Crippen LogP contribution is 2.24. The maximum atomic E-state index is 14.2. The molecular weight excluding hydrogens is 1050 g/mol. The van der Waals surface area contributed by atoms with Crippen LogP contribution in [0.25, 0.3) is 0 Å². The van der Waals surface area contributed by atoms with Crippen LogP contribution in [0.5, 0.6) is 0 Å². The Balaban J connectivity index is 2.33. The predicted octanol–water partition coefficient (Wildman–Crippen LogP) is -0.990. The molecule has 1 aliphatic heterocycles. The number of hydrogen-bond donors (Lipinski definition) is 11. The lowest BCUT2D eigenvalue weighted by molar-refractivity contribution is -0.142. The number of aliphatic hydroxyl groups excluding tert-OH is 1. The second-order valence-corrected chi connectivity index (χ2v) is 21.5. The Labute approximate surface area is 446 Å². The molecule has 1 fully saturated rings. The molecule has 416 valence electrons. The van der Waals surface area contributed by atoms with Gasteiger partial charge in [0.05, 0.1) is 23.0 Å². The van der Waals surface area contributed by atoms with Crippen LogP contribution < -0.4 is 54.0 Å². The number of nitrogens with zero attached hydrogens (tertiary/aromatic N) is 3. The van der Waals surface area contributed by atoms with Gasteiger partial charge in [0, 0.05) is 44.9 Å². The second kappa shape index (κ2) is 32.4. The van der Waals surface area contributed by atoms with Gasteiger partial charge in [-0.3, -0.25) is 52.9 Å². The standard InChI is InChI=1S/C48H80BrN13O11S/c1-10-15-31(41(67)59-39(27(6)11-2)45(71)57-32(16-13-20-53-48(50)51)47(73)62-21-14-17-35(62)44(70)52-12-3)56-46(72)40(28(7)63)60-43(69)33(22-26(4)5)58-42(68)34(23-30-18-19-36(49)74-30)55-37(65)24-54-38(66)25-61(9)29(8)64/h18-19,26-28,31-35,39-40,63H,10-17,20-25H2,1-9H3,(H,52,70)(H,54,66)(H,55,65)(H,56,72)(H,57,71)(H,58,68)(H,59,67)(H,60,69)(H4,50,51,53)/t27-,28+,31-,32-,33+,34-,35-,39-,40-/m0/s1. The molecule has 24 nitrogen and oxygen atoms in total. The Hall–Kier alpha value is -5.89. The van der Waals surface area contributed by atoms with Crippen molar-refractivity contribution in [1.82, 2.24) is 52.3 Å². The van der Waals surface area contributed by atoms with Gasteiger partial charge < -0.3 is 68.9 Å². The van der Waals surface area contributed by atoms with Crippen LogP contribution in [-0.4, -0.2) is 168 Å². The fourth-order valence-corrected chi connectivity index (χ4v) is 9.43. The van der Waals surface area contributed by atoms with Crippen LogP contribution in [0.3, 0.4) is 0 Å². The number of carbonyl (C=O) groups excluding carboxylic acids is 10. The number of nitrogens with one attached hydrogen (secondary N) is 8. The number of thiophene rings is 1. The summed E-state index contributed by atoms with van der Waals surface area (Å²) in [5.74, 6) is -7.26. The second-order valence-electron chi connectivity index (χ2n) is 18.9. The number of amides is 10. The Morgan fingerprint density at radius 3 is 1.97 bits per heavy atom. The third kappa shape index (κ3) is 21.9. The molecule has 9 atom stereocenters. The number of likely N-dealkylation sites (N-methyl/N-ethyl adjacent to an activating group) is 2. The van der Waals surface area contributed by atoms with E-state index in [0.717, 1.165) is 8.69 Å². The predicted molar refractivity (Wildman–Crippen MR) is 282 cm³/mol. The number of carbonyl (C=O) groups is 10. The highest BCUT2D eigenvalue weighted by atomic mass is 79.9. The largest absolute Gasteiger partial charge is 0.391 e. The van der Waals surface area contributed by atoms with Crippen molar-refractivity contribution in [2.75, 3.05) is 39.8 Å². The smallest absolute Gasteiger partial charge is 0.245 e. The zero-order chi connectivity index (χ0) is 55.8. The normalized spacial score (nSPS) is 16.4. The number of rotatable bonds is 31. The lowest BCUT2D eigenvalue weighted by atomic mass is 9.96. The number of hydrogen-bond acceptors (Lipinski definition) is 13. The zero-order valence-electron chi connectivity index (χ0n) is 44.1. The minimum Gasteiger partial charge on any atom is -0.391 e. The summed E-state index contributed by atoms with van der Waals surface area (Å²) in [4.78, 5) is 142. The van der Waals surface area contributed by atoms with Gasteiger partial charge in [-0.25, -0.2) is 0 Å². The van der Waals surface area contributed by atoms with E-state index in [0.29, 0.717) is 50.1 Å². The molecule has 13 N–H and O–H groups in total. The van der Waals surface area contributed by atoms with E-state index in [9.17, 15) is 53.1 Å². The first-order valence-corrected chi connectivity index (χ1v) is 26.8. The van der Waals surface area contributed by atoms with Crippen LogP contribution in [0, 0.1) is 11.8 Å². The summed E-state index contributed by atoms with van der Waals surface area (Å²) >= 11 is 4.70. The Morgan fingerprint density at radius 1 is 0.797 bits per heavy atom. The number of guanidine groups is 1. The molecule has 0 radical (unpaired) electrons. The molecule has 0 unspecified atom stereocenters. The fourth-order valence-electron chi connectivity index (χ4n) is 7.91. The van der Waals surface area contributed by atoms with E-state index in [1.54, 1.807) is 46.8 Å². The van der Waals surface area contributed by atoms with Crippen molar-refractivity contribution >= 4 is 92.3 Å². The van der Waals surface area contributed by atoms with Gasteiger partial charge in [-0.05, 0) is 92.3 Å². The van der Waals surface area contributed by atoms with Crippen molar-refractivity contribution in [2.45, 2.75) is 162 Å². The summed E-state index contributed by atoms with van der Waals surface area (Å²) in [6.07, 6.45) is 0.855. The van der Waals surface area contributed by atoms with Gasteiger partial charge in [-0.2, -0.15) is 0 Å². The molecule has 0 saturated carbocycles. The van der Waals surface area contributed by atoms with E-state index in [1.165, 1.54) is 37.1 Å². The average Bonchev–Trinajstić information content (AvgIpc) is 4.00. The summed E-state index contributed by atoms with van der Waals surface area (Å²) in [5, 5.41) is 32.1. The molecule has 1 aromatic rings. The molecule has 74 heavy (non-hydrogen) atoms. The molecule has 2 heterocycles. The van der Waals surface area contributed by atoms with Crippen molar-refractivity contribution in [3.8, 4) is 0 Å². The van der Waals surface area contributed by atoms with Crippen LogP contribution >= 0.6 is 27.3 Å². The van der Waals surface area contributed by atoms with Crippen molar-refractivity contribution in [1.29, 1.82) is 0 Å². The Morgan fingerprint density at radius 2 is 1.41 bits per heavy atom. The van der Waals surface area contributed by atoms with E-state index in [4.69, 9.17) is 11.5 Å². The van der Waals surface area contributed by atoms with Crippen LogP contribution in [-0.2, 0) is 54.4 Å². The third-order valence-electron chi connectivity index (χ3n) is 12.2. The van der Waals surface area contributed by atoms with Crippen molar-refractivity contribution in [3.63, 3.8) is 0 Å². The van der Waals surface area contributed by atoms with Gasteiger partial charge in [0.15, 0.2) is 5.96 Å². The molecule has 0 aromatic carbocycles. The molecule has 0 aliphatic carbocycles. The molecule has 1 saturated heterocycles. The molecule has 10 amide bonds.